The van der Waals surface area contributed by atoms with E-state index < -0.39 is 0 Å². The molecule has 0 saturated carbocycles. The highest BCUT2D eigenvalue weighted by molar-refractivity contribution is 7.07. The van der Waals surface area contributed by atoms with E-state index in [0.717, 1.165) is 6.54 Å². The molecule has 2 heterocycles. The lowest BCUT2D eigenvalue weighted by Crippen LogP contribution is -2.02. The van der Waals surface area contributed by atoms with Gasteiger partial charge in [-0.05, 0) is 22.4 Å². The maximum absolute atomic E-state index is 5.40. The third-order valence-electron chi connectivity index (χ3n) is 1.69. The van der Waals surface area contributed by atoms with Crippen LogP contribution in [0.3, 0.4) is 0 Å². The zero-order valence-corrected chi connectivity index (χ0v) is 7.87. The van der Waals surface area contributed by atoms with Crippen LogP contribution in [0.5, 0.6) is 0 Å². The van der Waals surface area contributed by atoms with Crippen LogP contribution in [0.1, 0.15) is 11.4 Å². The van der Waals surface area contributed by atoms with E-state index >= 15 is 0 Å². The summed E-state index contributed by atoms with van der Waals surface area (Å²) >= 11 is 1.69. The molecule has 0 aliphatic rings. The molecule has 0 radical (unpaired) electrons. The van der Waals surface area contributed by atoms with Crippen molar-refractivity contribution in [3.8, 4) is 0 Å². The van der Waals surface area contributed by atoms with Gasteiger partial charge in [0.25, 0.3) is 0 Å². The molecule has 0 unspecified atom stereocenters. The van der Waals surface area contributed by atoms with Crippen LogP contribution in [0.2, 0.25) is 0 Å². The zero-order valence-electron chi connectivity index (χ0n) is 7.05. The quantitative estimate of drug-likeness (QED) is 0.788. The Bertz CT molecular complexity index is 365. The minimum absolute atomic E-state index is 0.399. The standard InChI is InChI=1S/C8H10N4S/c9-3-8-10-6-12(11-8)4-7-1-2-13-5-7/h1-2,5-6H,3-4,9H2. The molecule has 68 valence electrons. The molecular weight excluding hydrogens is 184 g/mol. The molecule has 0 spiro atoms. The van der Waals surface area contributed by atoms with Crippen molar-refractivity contribution >= 4 is 11.3 Å². The molecule has 0 amide bonds. The van der Waals surface area contributed by atoms with E-state index in [0.29, 0.717) is 12.4 Å². The second-order valence-corrected chi connectivity index (χ2v) is 3.47. The summed E-state index contributed by atoms with van der Waals surface area (Å²) in [4.78, 5) is 4.05. The van der Waals surface area contributed by atoms with Gasteiger partial charge in [-0.2, -0.15) is 16.4 Å². The normalized spacial score (nSPS) is 10.5. The monoisotopic (exact) mass is 194 g/mol. The van der Waals surface area contributed by atoms with Crippen LogP contribution in [-0.4, -0.2) is 14.8 Å². The zero-order chi connectivity index (χ0) is 9.10. The van der Waals surface area contributed by atoms with E-state index in [1.54, 1.807) is 22.3 Å². The molecule has 0 saturated heterocycles. The second-order valence-electron chi connectivity index (χ2n) is 2.69. The van der Waals surface area contributed by atoms with Crippen LogP contribution in [0.15, 0.2) is 23.2 Å². The Hall–Kier alpha value is -1.20. The molecule has 0 bridgehead atoms. The average Bonchev–Trinajstić information content (AvgIpc) is 2.76. The molecule has 13 heavy (non-hydrogen) atoms. The second kappa shape index (κ2) is 3.68. The third kappa shape index (κ3) is 1.93. The Morgan fingerprint density at radius 3 is 3.08 bits per heavy atom. The number of thiophene rings is 1. The molecule has 2 aromatic heterocycles. The summed E-state index contributed by atoms with van der Waals surface area (Å²) in [6.45, 7) is 1.17. The Kier molecular flexibility index (Phi) is 2.37. The highest BCUT2D eigenvalue weighted by Gasteiger charge is 1.99. The van der Waals surface area contributed by atoms with Gasteiger partial charge in [-0.3, -0.25) is 0 Å². The predicted octanol–water partition coefficient (Wildman–Crippen LogP) is 0.847. The van der Waals surface area contributed by atoms with Gasteiger partial charge < -0.3 is 5.73 Å². The minimum atomic E-state index is 0.399. The van der Waals surface area contributed by atoms with E-state index in [1.807, 2.05) is 0 Å². The minimum Gasteiger partial charge on any atom is -0.324 e. The van der Waals surface area contributed by atoms with Gasteiger partial charge in [-0.15, -0.1) is 0 Å². The van der Waals surface area contributed by atoms with Crippen molar-refractivity contribution in [3.05, 3.63) is 34.5 Å². The van der Waals surface area contributed by atoms with Gasteiger partial charge in [-0.1, -0.05) is 0 Å². The molecule has 2 N–H and O–H groups in total. The van der Waals surface area contributed by atoms with Crippen LogP contribution in [-0.2, 0) is 13.1 Å². The van der Waals surface area contributed by atoms with Crippen LogP contribution in [0.25, 0.3) is 0 Å². The summed E-state index contributed by atoms with van der Waals surface area (Å²) < 4.78 is 1.80. The molecule has 5 heteroatoms. The van der Waals surface area contributed by atoms with Crippen molar-refractivity contribution in [2.75, 3.05) is 0 Å². The summed E-state index contributed by atoms with van der Waals surface area (Å²) in [6, 6.07) is 2.08. The van der Waals surface area contributed by atoms with E-state index in [4.69, 9.17) is 5.73 Å². The number of hydrogen-bond acceptors (Lipinski definition) is 4. The van der Waals surface area contributed by atoms with E-state index in [9.17, 15) is 0 Å². The van der Waals surface area contributed by atoms with Crippen LogP contribution >= 0.6 is 11.3 Å². The van der Waals surface area contributed by atoms with Crippen molar-refractivity contribution in [1.82, 2.24) is 14.8 Å². The number of hydrogen-bond donors (Lipinski definition) is 1. The Balaban J connectivity index is 2.10. The first-order valence-electron chi connectivity index (χ1n) is 3.98. The fourth-order valence-corrected chi connectivity index (χ4v) is 1.73. The number of rotatable bonds is 3. The van der Waals surface area contributed by atoms with Gasteiger partial charge in [0.2, 0.25) is 0 Å². The average molecular weight is 194 g/mol. The molecule has 0 aliphatic heterocycles. The third-order valence-corrected chi connectivity index (χ3v) is 2.42. The van der Waals surface area contributed by atoms with Gasteiger partial charge in [0, 0.05) is 0 Å². The van der Waals surface area contributed by atoms with Crippen molar-refractivity contribution in [2.24, 2.45) is 5.73 Å². The summed E-state index contributed by atoms with van der Waals surface area (Å²) in [5.74, 6) is 0.690. The topological polar surface area (TPSA) is 56.7 Å². The Morgan fingerprint density at radius 1 is 1.54 bits per heavy atom. The summed E-state index contributed by atoms with van der Waals surface area (Å²) in [7, 11) is 0. The lowest BCUT2D eigenvalue weighted by molar-refractivity contribution is 0.673. The van der Waals surface area contributed by atoms with E-state index in [1.165, 1.54) is 5.56 Å². The maximum atomic E-state index is 5.40. The van der Waals surface area contributed by atoms with Crippen molar-refractivity contribution < 1.29 is 0 Å². The molecule has 4 nitrogen and oxygen atoms in total. The lowest BCUT2D eigenvalue weighted by atomic mass is 10.3. The molecule has 2 rings (SSSR count). The largest absolute Gasteiger partial charge is 0.324 e. The molecule has 0 fully saturated rings. The summed E-state index contributed by atoms with van der Waals surface area (Å²) in [5, 5.41) is 8.34. The molecule has 0 aliphatic carbocycles. The molecular formula is C8H10N4S. The fourth-order valence-electron chi connectivity index (χ4n) is 1.07. The van der Waals surface area contributed by atoms with Crippen molar-refractivity contribution in [2.45, 2.75) is 13.1 Å². The van der Waals surface area contributed by atoms with Crippen molar-refractivity contribution in [3.63, 3.8) is 0 Å². The highest BCUT2D eigenvalue weighted by atomic mass is 32.1. The van der Waals surface area contributed by atoms with Crippen LogP contribution < -0.4 is 5.73 Å². The summed E-state index contributed by atoms with van der Waals surface area (Å²) in [5.41, 5.74) is 6.65. The number of aromatic nitrogens is 3. The summed E-state index contributed by atoms with van der Waals surface area (Å²) in [6.07, 6.45) is 1.71. The van der Waals surface area contributed by atoms with Crippen LogP contribution in [0.4, 0.5) is 0 Å². The number of nitrogens with zero attached hydrogens (tertiary/aromatic N) is 3. The Labute approximate surface area is 80.0 Å². The predicted molar refractivity (Wildman–Crippen MR) is 51.3 cm³/mol. The van der Waals surface area contributed by atoms with E-state index in [2.05, 4.69) is 26.9 Å². The molecule has 0 atom stereocenters. The van der Waals surface area contributed by atoms with Gasteiger partial charge >= 0.3 is 0 Å². The van der Waals surface area contributed by atoms with Gasteiger partial charge in [0.1, 0.15) is 6.33 Å². The first kappa shape index (κ1) is 8.40. The van der Waals surface area contributed by atoms with Crippen LogP contribution in [0, 0.1) is 0 Å². The van der Waals surface area contributed by atoms with Gasteiger partial charge in [0.05, 0.1) is 13.1 Å². The highest BCUT2D eigenvalue weighted by Crippen LogP contribution is 2.06. The first-order valence-corrected chi connectivity index (χ1v) is 4.92. The van der Waals surface area contributed by atoms with Gasteiger partial charge in [0.15, 0.2) is 5.82 Å². The molecule has 2 aromatic rings. The first-order chi connectivity index (χ1) is 6.38. The van der Waals surface area contributed by atoms with Gasteiger partial charge in [-0.25, -0.2) is 9.67 Å². The van der Waals surface area contributed by atoms with Crippen molar-refractivity contribution in [1.29, 1.82) is 0 Å². The maximum Gasteiger partial charge on any atom is 0.164 e. The lowest BCUT2D eigenvalue weighted by Gasteiger charge is -1.95. The smallest absolute Gasteiger partial charge is 0.164 e. The molecule has 0 aromatic carbocycles. The SMILES string of the molecule is NCc1ncn(Cc2ccsc2)n1. The fraction of sp³-hybridized carbons (Fsp3) is 0.250. The Morgan fingerprint density at radius 2 is 2.46 bits per heavy atom. The number of nitrogens with two attached hydrogens (primary N) is 1. The van der Waals surface area contributed by atoms with E-state index in [-0.39, 0.29) is 0 Å².